The number of phenolic OH excluding ortho intramolecular Hbond substituents is 1. The van der Waals surface area contributed by atoms with Crippen molar-refractivity contribution in [2.24, 2.45) is 0 Å². The van der Waals surface area contributed by atoms with Gasteiger partial charge in [0.25, 0.3) is 0 Å². The van der Waals surface area contributed by atoms with Crippen molar-refractivity contribution < 1.29 is 38.8 Å². The van der Waals surface area contributed by atoms with Gasteiger partial charge in [-0.3, -0.25) is 9.59 Å². The number of aliphatic carboxylic acids is 1. The molecule has 1 aliphatic carbocycles. The molecule has 1 fully saturated rings. The first-order chi connectivity index (χ1) is 18.8. The first-order valence-electron chi connectivity index (χ1n) is 13.1. The zero-order valence-corrected chi connectivity index (χ0v) is 21.9. The molecule has 0 heterocycles. The summed E-state index contributed by atoms with van der Waals surface area (Å²) in [6.07, 6.45) is 4.36. The average molecular weight is 533 g/mol. The third-order valence-electron chi connectivity index (χ3n) is 6.61. The van der Waals surface area contributed by atoms with Crippen molar-refractivity contribution in [3.63, 3.8) is 0 Å². The molecule has 0 saturated heterocycles. The van der Waals surface area contributed by atoms with E-state index in [1.807, 2.05) is 0 Å². The van der Waals surface area contributed by atoms with Gasteiger partial charge in [-0.1, -0.05) is 12.1 Å². The highest BCUT2D eigenvalue weighted by atomic mass is 16.5. The second-order valence-corrected chi connectivity index (χ2v) is 9.45. The number of aromatic hydroxyl groups is 1. The number of ketones is 1. The number of benzene rings is 3. The minimum atomic E-state index is -0.970. The van der Waals surface area contributed by atoms with Crippen molar-refractivity contribution >= 4 is 17.7 Å². The highest BCUT2D eigenvalue weighted by Gasteiger charge is 2.20. The molecule has 204 valence electrons. The number of ether oxygens (including phenoxy) is 3. The molecule has 0 aromatic heterocycles. The van der Waals surface area contributed by atoms with Gasteiger partial charge < -0.3 is 24.4 Å². The quantitative estimate of drug-likeness (QED) is 0.225. The zero-order valence-electron chi connectivity index (χ0n) is 21.9. The summed E-state index contributed by atoms with van der Waals surface area (Å²) in [7, 11) is 0. The normalized spacial score (nSPS) is 13.2. The van der Waals surface area contributed by atoms with Crippen molar-refractivity contribution in [1.29, 1.82) is 0 Å². The van der Waals surface area contributed by atoms with E-state index in [2.05, 4.69) is 0 Å². The Balaban J connectivity index is 1.49. The van der Waals surface area contributed by atoms with Crippen molar-refractivity contribution in [1.82, 2.24) is 0 Å². The van der Waals surface area contributed by atoms with Gasteiger partial charge in [0.1, 0.15) is 23.9 Å². The largest absolute Gasteiger partial charge is 0.507 e. The summed E-state index contributed by atoms with van der Waals surface area (Å²) in [4.78, 5) is 36.3. The van der Waals surface area contributed by atoms with Crippen LogP contribution in [0.5, 0.6) is 17.2 Å². The molecule has 39 heavy (non-hydrogen) atoms. The van der Waals surface area contributed by atoms with Gasteiger partial charge in [-0.25, -0.2) is 4.79 Å². The van der Waals surface area contributed by atoms with Crippen LogP contribution < -0.4 is 9.47 Å². The molecule has 0 bridgehead atoms. The van der Waals surface area contributed by atoms with E-state index in [0.717, 1.165) is 31.2 Å². The van der Waals surface area contributed by atoms with Crippen molar-refractivity contribution in [3.8, 4) is 17.2 Å². The highest BCUT2D eigenvalue weighted by molar-refractivity contribution is 6.11. The lowest BCUT2D eigenvalue weighted by Crippen LogP contribution is -2.11. The molecule has 4 rings (SSSR count). The average Bonchev–Trinajstić information content (AvgIpc) is 3.44. The van der Waals surface area contributed by atoms with Crippen LogP contribution in [0.4, 0.5) is 0 Å². The minimum Gasteiger partial charge on any atom is -0.507 e. The van der Waals surface area contributed by atoms with Crippen LogP contribution in [-0.2, 0) is 22.6 Å². The lowest BCUT2D eigenvalue weighted by molar-refractivity contribution is -0.136. The van der Waals surface area contributed by atoms with Crippen LogP contribution in [-0.4, -0.2) is 40.6 Å². The Morgan fingerprint density at radius 2 is 1.64 bits per heavy atom. The Labute approximate surface area is 227 Å². The van der Waals surface area contributed by atoms with Crippen LogP contribution in [0, 0.1) is 0 Å². The van der Waals surface area contributed by atoms with Crippen LogP contribution in [0.25, 0.3) is 0 Å². The molecule has 0 aliphatic heterocycles. The number of esters is 1. The van der Waals surface area contributed by atoms with Gasteiger partial charge in [-0.15, -0.1) is 0 Å². The third-order valence-corrected chi connectivity index (χ3v) is 6.61. The minimum absolute atomic E-state index is 0.130. The second kappa shape index (κ2) is 13.0. The van der Waals surface area contributed by atoms with E-state index in [4.69, 9.17) is 14.2 Å². The van der Waals surface area contributed by atoms with E-state index in [1.54, 1.807) is 61.5 Å². The molecule has 3 aromatic rings. The summed E-state index contributed by atoms with van der Waals surface area (Å²) >= 11 is 0. The Kier molecular flexibility index (Phi) is 9.20. The second-order valence-electron chi connectivity index (χ2n) is 9.45. The summed E-state index contributed by atoms with van der Waals surface area (Å²) < 4.78 is 16.9. The number of aryl methyl sites for hydroxylation is 1. The Hall–Kier alpha value is -4.33. The third kappa shape index (κ3) is 7.37. The van der Waals surface area contributed by atoms with E-state index in [9.17, 15) is 24.6 Å². The van der Waals surface area contributed by atoms with E-state index in [0.29, 0.717) is 34.8 Å². The van der Waals surface area contributed by atoms with E-state index in [1.165, 1.54) is 6.07 Å². The molecular weight excluding hydrogens is 500 g/mol. The van der Waals surface area contributed by atoms with Gasteiger partial charge in [0.2, 0.25) is 0 Å². The van der Waals surface area contributed by atoms with Crippen LogP contribution in [0.3, 0.4) is 0 Å². The summed E-state index contributed by atoms with van der Waals surface area (Å²) in [5, 5.41) is 19.8. The molecule has 2 N–H and O–H groups in total. The van der Waals surface area contributed by atoms with Crippen molar-refractivity contribution in [2.45, 2.75) is 58.2 Å². The van der Waals surface area contributed by atoms with Crippen LogP contribution in [0.2, 0.25) is 0 Å². The number of carboxylic acid groups (broad SMARTS) is 1. The standard InChI is InChI=1S/C31H32O8/c1-2-37-31(36)21-9-7-20(8-10-21)19-38-28-15-11-23(17-22(28)12-16-29(33)34)30(35)26-14-13-25(18-27(26)32)39-24-5-3-4-6-24/h7-11,13-15,17-18,24,32H,2-6,12,16,19H2,1H3,(H,33,34). The summed E-state index contributed by atoms with van der Waals surface area (Å²) in [6.45, 7) is 2.22. The number of carboxylic acids is 1. The summed E-state index contributed by atoms with van der Waals surface area (Å²) in [6, 6.07) is 16.3. The summed E-state index contributed by atoms with van der Waals surface area (Å²) in [5.41, 5.74) is 2.24. The van der Waals surface area contributed by atoms with E-state index in [-0.39, 0.29) is 36.9 Å². The Bertz CT molecular complexity index is 1320. The van der Waals surface area contributed by atoms with Gasteiger partial charge in [-0.2, -0.15) is 0 Å². The molecule has 1 saturated carbocycles. The first-order valence-corrected chi connectivity index (χ1v) is 13.1. The lowest BCUT2D eigenvalue weighted by atomic mass is 9.98. The molecule has 1 aliphatic rings. The topological polar surface area (TPSA) is 119 Å². The SMILES string of the molecule is CCOC(=O)c1ccc(COc2ccc(C(=O)c3ccc(OC4CCCC4)cc3O)cc2CCC(=O)O)cc1. The van der Waals surface area contributed by atoms with E-state index < -0.39 is 17.7 Å². The molecule has 0 radical (unpaired) electrons. The first kappa shape index (κ1) is 27.7. The van der Waals surface area contributed by atoms with Crippen molar-refractivity contribution in [3.05, 3.63) is 88.5 Å². The number of hydrogen-bond donors (Lipinski definition) is 2. The van der Waals surface area contributed by atoms with Crippen molar-refractivity contribution in [2.75, 3.05) is 6.61 Å². The van der Waals surface area contributed by atoms with E-state index >= 15 is 0 Å². The predicted molar refractivity (Wildman–Crippen MR) is 144 cm³/mol. The van der Waals surface area contributed by atoms with Gasteiger partial charge >= 0.3 is 11.9 Å². The Morgan fingerprint density at radius 3 is 2.31 bits per heavy atom. The molecule has 0 amide bonds. The number of hydrogen-bond acceptors (Lipinski definition) is 7. The molecule has 0 spiro atoms. The molecule has 0 unspecified atom stereocenters. The van der Waals surface area contributed by atoms with Crippen LogP contribution >= 0.6 is 0 Å². The molecular formula is C31H32O8. The number of phenols is 1. The van der Waals surface area contributed by atoms with Gasteiger partial charge in [0, 0.05) is 18.1 Å². The molecule has 3 aromatic carbocycles. The maximum Gasteiger partial charge on any atom is 0.338 e. The maximum absolute atomic E-state index is 13.2. The van der Waals surface area contributed by atoms with Gasteiger partial charge in [0.05, 0.1) is 23.8 Å². The predicted octanol–water partition coefficient (Wildman–Crippen LogP) is 5.72. The van der Waals surface area contributed by atoms with Gasteiger partial charge in [-0.05, 0) is 92.6 Å². The van der Waals surface area contributed by atoms with Gasteiger partial charge in [0.15, 0.2) is 5.78 Å². The smallest absolute Gasteiger partial charge is 0.338 e. The van der Waals surface area contributed by atoms with Crippen LogP contribution in [0.15, 0.2) is 60.7 Å². The molecule has 0 atom stereocenters. The monoisotopic (exact) mass is 532 g/mol. The number of rotatable bonds is 12. The fraction of sp³-hybridized carbons (Fsp3) is 0.323. The molecule has 8 nitrogen and oxygen atoms in total. The summed E-state index contributed by atoms with van der Waals surface area (Å²) in [5.74, 6) is -0.957. The van der Waals surface area contributed by atoms with Crippen LogP contribution in [0.1, 0.15) is 76.4 Å². The number of carbonyl (C=O) groups is 3. The fourth-order valence-electron chi connectivity index (χ4n) is 4.54. The highest BCUT2D eigenvalue weighted by Crippen LogP contribution is 2.31. The fourth-order valence-corrected chi connectivity index (χ4v) is 4.54. The number of carbonyl (C=O) groups excluding carboxylic acids is 2. The lowest BCUT2D eigenvalue weighted by Gasteiger charge is -2.15. The maximum atomic E-state index is 13.2. The zero-order chi connectivity index (χ0) is 27.8. The molecule has 8 heteroatoms. The Morgan fingerprint density at radius 1 is 0.923 bits per heavy atom.